The van der Waals surface area contributed by atoms with Crippen LogP contribution in [0.1, 0.15) is 43.7 Å². The van der Waals surface area contributed by atoms with Crippen LogP contribution in [-0.2, 0) is 15.0 Å². The van der Waals surface area contributed by atoms with Crippen molar-refractivity contribution in [1.82, 2.24) is 10.2 Å². The van der Waals surface area contributed by atoms with Gasteiger partial charge in [0.15, 0.2) is 0 Å². The van der Waals surface area contributed by atoms with Crippen LogP contribution in [-0.4, -0.2) is 47.1 Å². The van der Waals surface area contributed by atoms with Gasteiger partial charge in [-0.1, -0.05) is 36.8 Å². The van der Waals surface area contributed by atoms with E-state index in [0.717, 1.165) is 37.8 Å². The Bertz CT molecular complexity index is 633. The normalized spacial score (nSPS) is 24.3. The molecule has 2 fully saturated rings. The zero-order valence-electron chi connectivity index (χ0n) is 14.4. The molecule has 0 radical (unpaired) electrons. The van der Waals surface area contributed by atoms with Gasteiger partial charge in [0.1, 0.15) is 0 Å². The number of hydrogen-bond acceptors (Lipinski definition) is 3. The number of amides is 1. The van der Waals surface area contributed by atoms with Crippen molar-refractivity contribution in [2.24, 2.45) is 0 Å². The van der Waals surface area contributed by atoms with Gasteiger partial charge in [-0.3, -0.25) is 14.5 Å². The number of nitrogens with one attached hydrogen (secondary N) is 1. The third-order valence-corrected chi connectivity index (χ3v) is 5.46. The van der Waals surface area contributed by atoms with Gasteiger partial charge in [0.05, 0.1) is 12.0 Å². The Balaban J connectivity index is 1.55. The summed E-state index contributed by atoms with van der Waals surface area (Å²) in [5, 5.41) is 12.1. The quantitative estimate of drug-likeness (QED) is 0.803. The van der Waals surface area contributed by atoms with Crippen LogP contribution < -0.4 is 5.32 Å². The van der Waals surface area contributed by atoms with Crippen LogP contribution in [0.25, 0.3) is 0 Å². The van der Waals surface area contributed by atoms with Gasteiger partial charge in [0, 0.05) is 12.1 Å². The molecule has 0 aliphatic heterocycles. The highest BCUT2D eigenvalue weighted by atomic mass is 16.4. The smallest absolute Gasteiger partial charge is 0.317 e. The summed E-state index contributed by atoms with van der Waals surface area (Å²) in [5.74, 6) is -0.654. The van der Waals surface area contributed by atoms with E-state index in [1.165, 1.54) is 5.56 Å². The molecular formula is C19H26N2O3. The highest BCUT2D eigenvalue weighted by Gasteiger charge is 2.52. The third kappa shape index (κ3) is 3.31. The standard InChI is InChI=1S/C19H26N2O3/c1-3-21(12-17(22)23)16-10-15(11-16)20-18(24)19(7-8-19)14-6-4-5-13(2)9-14/h4-6,9,15-16H,3,7-8,10-12H2,1-2H3,(H,20,24)(H,22,23). The van der Waals surface area contributed by atoms with Crippen LogP contribution >= 0.6 is 0 Å². The van der Waals surface area contributed by atoms with E-state index >= 15 is 0 Å². The summed E-state index contributed by atoms with van der Waals surface area (Å²) in [5.41, 5.74) is 1.97. The van der Waals surface area contributed by atoms with Crippen LogP contribution in [0.15, 0.2) is 24.3 Å². The summed E-state index contributed by atoms with van der Waals surface area (Å²) in [4.78, 5) is 25.6. The van der Waals surface area contributed by atoms with Crippen molar-refractivity contribution >= 4 is 11.9 Å². The lowest BCUT2D eigenvalue weighted by Crippen LogP contribution is -2.56. The Kier molecular flexibility index (Phi) is 4.63. The van der Waals surface area contributed by atoms with E-state index in [-0.39, 0.29) is 30.0 Å². The van der Waals surface area contributed by atoms with Crippen LogP contribution in [0.3, 0.4) is 0 Å². The average Bonchev–Trinajstić information content (AvgIpc) is 3.30. The molecule has 24 heavy (non-hydrogen) atoms. The Labute approximate surface area is 143 Å². The molecular weight excluding hydrogens is 304 g/mol. The molecule has 2 aliphatic rings. The highest BCUT2D eigenvalue weighted by Crippen LogP contribution is 2.49. The fourth-order valence-corrected chi connectivity index (χ4v) is 3.71. The summed E-state index contributed by atoms with van der Waals surface area (Å²) in [7, 11) is 0. The van der Waals surface area contributed by atoms with Crippen LogP contribution in [0.4, 0.5) is 0 Å². The van der Waals surface area contributed by atoms with E-state index in [9.17, 15) is 9.59 Å². The zero-order valence-corrected chi connectivity index (χ0v) is 14.4. The van der Waals surface area contributed by atoms with Crippen molar-refractivity contribution < 1.29 is 14.7 Å². The number of carboxylic acid groups (broad SMARTS) is 1. The number of carbonyl (C=O) groups excluding carboxylic acids is 1. The Hall–Kier alpha value is -1.88. The van der Waals surface area contributed by atoms with E-state index in [4.69, 9.17) is 5.11 Å². The minimum atomic E-state index is -0.791. The first-order valence-corrected chi connectivity index (χ1v) is 8.78. The van der Waals surface area contributed by atoms with Gasteiger partial charge in [-0.15, -0.1) is 0 Å². The molecule has 0 aromatic heterocycles. The number of benzene rings is 1. The van der Waals surface area contributed by atoms with Crippen LogP contribution in [0.2, 0.25) is 0 Å². The molecule has 0 unspecified atom stereocenters. The van der Waals surface area contributed by atoms with E-state index in [2.05, 4.69) is 30.4 Å². The van der Waals surface area contributed by atoms with E-state index < -0.39 is 5.97 Å². The minimum Gasteiger partial charge on any atom is -0.480 e. The van der Waals surface area contributed by atoms with E-state index in [0.29, 0.717) is 0 Å². The van der Waals surface area contributed by atoms with Gasteiger partial charge in [0.2, 0.25) is 5.91 Å². The van der Waals surface area contributed by atoms with Gasteiger partial charge >= 0.3 is 5.97 Å². The third-order valence-electron chi connectivity index (χ3n) is 5.46. The zero-order chi connectivity index (χ0) is 17.3. The van der Waals surface area contributed by atoms with Crippen LogP contribution in [0, 0.1) is 6.92 Å². The van der Waals surface area contributed by atoms with Crippen molar-refractivity contribution in [3.8, 4) is 0 Å². The second-order valence-electron chi connectivity index (χ2n) is 7.20. The largest absolute Gasteiger partial charge is 0.480 e. The number of nitrogens with zero attached hydrogens (tertiary/aromatic N) is 1. The molecule has 2 saturated carbocycles. The minimum absolute atomic E-state index is 0.0784. The van der Waals surface area contributed by atoms with E-state index in [1.807, 2.05) is 17.9 Å². The van der Waals surface area contributed by atoms with Crippen molar-refractivity contribution in [2.45, 2.75) is 57.0 Å². The van der Waals surface area contributed by atoms with Gasteiger partial charge in [-0.25, -0.2) is 0 Å². The Morgan fingerprint density at radius 1 is 1.33 bits per heavy atom. The first-order valence-electron chi connectivity index (χ1n) is 8.78. The lowest BCUT2D eigenvalue weighted by molar-refractivity contribution is -0.140. The second-order valence-corrected chi connectivity index (χ2v) is 7.20. The maximum Gasteiger partial charge on any atom is 0.317 e. The lowest BCUT2D eigenvalue weighted by atomic mass is 9.84. The maximum absolute atomic E-state index is 12.7. The topological polar surface area (TPSA) is 69.6 Å². The maximum atomic E-state index is 12.7. The number of likely N-dealkylation sites (N-methyl/N-ethyl adjacent to an activating group) is 1. The average molecular weight is 330 g/mol. The molecule has 2 aliphatic carbocycles. The summed E-state index contributed by atoms with van der Waals surface area (Å²) in [6.07, 6.45) is 3.52. The fraction of sp³-hybridized carbons (Fsp3) is 0.579. The molecule has 5 nitrogen and oxygen atoms in total. The number of aryl methyl sites for hydroxylation is 1. The first-order chi connectivity index (χ1) is 11.4. The molecule has 1 aromatic rings. The summed E-state index contributed by atoms with van der Waals surface area (Å²) in [6, 6.07) is 8.67. The van der Waals surface area contributed by atoms with Crippen molar-refractivity contribution in [1.29, 1.82) is 0 Å². The number of hydrogen-bond donors (Lipinski definition) is 2. The molecule has 130 valence electrons. The predicted molar refractivity (Wildman–Crippen MR) is 91.9 cm³/mol. The summed E-state index contributed by atoms with van der Waals surface area (Å²) < 4.78 is 0. The lowest BCUT2D eigenvalue weighted by Gasteiger charge is -2.42. The molecule has 1 amide bonds. The molecule has 3 rings (SSSR count). The molecule has 1 aromatic carbocycles. The van der Waals surface area contributed by atoms with Crippen molar-refractivity contribution in [3.05, 3.63) is 35.4 Å². The fourth-order valence-electron chi connectivity index (χ4n) is 3.71. The predicted octanol–water partition coefficient (Wildman–Crippen LogP) is 2.08. The number of rotatable bonds is 7. The van der Waals surface area contributed by atoms with Crippen molar-refractivity contribution in [3.63, 3.8) is 0 Å². The van der Waals surface area contributed by atoms with Crippen LogP contribution in [0.5, 0.6) is 0 Å². The number of carbonyl (C=O) groups is 2. The number of aliphatic carboxylic acids is 1. The Morgan fingerprint density at radius 2 is 2.04 bits per heavy atom. The van der Waals surface area contributed by atoms with Gasteiger partial charge in [-0.05, 0) is 44.7 Å². The molecule has 0 spiro atoms. The van der Waals surface area contributed by atoms with Gasteiger partial charge in [0.25, 0.3) is 0 Å². The van der Waals surface area contributed by atoms with E-state index in [1.54, 1.807) is 0 Å². The molecule has 0 atom stereocenters. The van der Waals surface area contributed by atoms with Gasteiger partial charge in [-0.2, -0.15) is 0 Å². The summed E-state index contributed by atoms with van der Waals surface area (Å²) in [6.45, 7) is 4.83. The molecule has 0 saturated heterocycles. The number of carboxylic acids is 1. The highest BCUT2D eigenvalue weighted by molar-refractivity contribution is 5.91. The summed E-state index contributed by atoms with van der Waals surface area (Å²) >= 11 is 0. The molecule has 0 heterocycles. The second kappa shape index (κ2) is 6.55. The monoisotopic (exact) mass is 330 g/mol. The molecule has 5 heteroatoms. The first kappa shape index (κ1) is 17.0. The molecule has 0 bridgehead atoms. The van der Waals surface area contributed by atoms with Crippen molar-refractivity contribution in [2.75, 3.05) is 13.1 Å². The SMILES string of the molecule is CCN(CC(=O)O)C1CC(NC(=O)C2(c3cccc(C)c3)CC2)C1. The Morgan fingerprint density at radius 3 is 2.58 bits per heavy atom. The molecule has 2 N–H and O–H groups in total. The van der Waals surface area contributed by atoms with Gasteiger partial charge < -0.3 is 10.4 Å².